The summed E-state index contributed by atoms with van der Waals surface area (Å²) in [4.78, 5) is 3.61. The summed E-state index contributed by atoms with van der Waals surface area (Å²) in [7, 11) is 0. The molecule has 3 aromatic heterocycles. The fourth-order valence-electron chi connectivity index (χ4n) is 4.69. The van der Waals surface area contributed by atoms with Crippen LogP contribution in [-0.4, -0.2) is 15.1 Å². The van der Waals surface area contributed by atoms with Crippen molar-refractivity contribution in [2.24, 2.45) is 8.73 Å². The molecule has 0 radical (unpaired) electrons. The summed E-state index contributed by atoms with van der Waals surface area (Å²) in [6.45, 7) is 2.09. The normalized spacial score (nSPS) is 12.6. The second-order valence-electron chi connectivity index (χ2n) is 8.86. The quantitative estimate of drug-likeness (QED) is 0.195. The molecule has 198 valence electrons. The highest BCUT2D eigenvalue weighted by Crippen LogP contribution is 2.55. The van der Waals surface area contributed by atoms with E-state index in [0.717, 1.165) is 60.0 Å². The first kappa shape index (κ1) is 25.3. The van der Waals surface area contributed by atoms with Gasteiger partial charge in [0.05, 0.1) is 23.1 Å². The number of alkyl halides is 3. The highest BCUT2D eigenvalue weighted by Gasteiger charge is 2.33. The van der Waals surface area contributed by atoms with E-state index in [9.17, 15) is 13.2 Å². The van der Waals surface area contributed by atoms with Gasteiger partial charge in [-0.15, -0.1) is 35.8 Å². The summed E-state index contributed by atoms with van der Waals surface area (Å²) in [6.07, 6.45) is -4.79. The van der Waals surface area contributed by atoms with Crippen molar-refractivity contribution in [1.29, 1.82) is 0 Å². The number of rotatable bonds is 5. The van der Waals surface area contributed by atoms with Gasteiger partial charge in [-0.05, 0) is 54.4 Å². The van der Waals surface area contributed by atoms with Gasteiger partial charge in [0.15, 0.2) is 0 Å². The number of thiophene rings is 2. The predicted molar refractivity (Wildman–Crippen MR) is 158 cm³/mol. The molecule has 0 spiro atoms. The molecule has 0 saturated carbocycles. The minimum absolute atomic E-state index is 0.248. The minimum atomic E-state index is -4.79. The van der Waals surface area contributed by atoms with E-state index >= 15 is 0 Å². The molecular weight excluding hydrogens is 594 g/mol. The number of halogens is 3. The second kappa shape index (κ2) is 9.73. The van der Waals surface area contributed by atoms with Gasteiger partial charge in [0.25, 0.3) is 0 Å². The van der Waals surface area contributed by atoms with Gasteiger partial charge in [-0.3, -0.25) is 0 Å². The van der Waals surface area contributed by atoms with E-state index in [0.29, 0.717) is 21.6 Å². The third-order valence-electron chi connectivity index (χ3n) is 6.42. The maximum atomic E-state index is 13.0. The molecule has 0 N–H and O–H groups in total. The molecule has 4 heterocycles. The smallest absolute Gasteiger partial charge is 0.405 e. The Bertz CT molecular complexity index is 2000. The summed E-state index contributed by atoms with van der Waals surface area (Å²) in [5.74, 6) is -0.248. The molecule has 12 heteroatoms. The summed E-state index contributed by atoms with van der Waals surface area (Å²) < 4.78 is 62.0. The zero-order valence-corrected chi connectivity index (χ0v) is 23.7. The number of aryl methyl sites for hydroxylation is 1. The molecule has 0 unspecified atom stereocenters. The van der Waals surface area contributed by atoms with E-state index < -0.39 is 6.36 Å². The summed E-state index contributed by atoms with van der Waals surface area (Å²) in [6, 6.07) is 22.2. The van der Waals surface area contributed by atoms with Crippen LogP contribution in [-0.2, 0) is 11.4 Å². The van der Waals surface area contributed by atoms with Crippen LogP contribution < -0.4 is 4.74 Å². The topological polar surface area (TPSA) is 59.7 Å². The molecule has 0 saturated heterocycles. The van der Waals surface area contributed by atoms with Crippen molar-refractivity contribution < 1.29 is 17.9 Å². The Labute approximate surface area is 241 Å². The molecule has 7 rings (SSSR count). The van der Waals surface area contributed by atoms with Gasteiger partial charge >= 0.3 is 6.36 Å². The van der Waals surface area contributed by atoms with Crippen LogP contribution in [0.4, 0.5) is 24.5 Å². The third kappa shape index (κ3) is 4.37. The van der Waals surface area contributed by atoms with Crippen LogP contribution in [0.15, 0.2) is 81.5 Å². The molecule has 0 aliphatic carbocycles. The van der Waals surface area contributed by atoms with Crippen LogP contribution in [0.25, 0.3) is 52.8 Å². The van der Waals surface area contributed by atoms with Gasteiger partial charge in [0.1, 0.15) is 28.2 Å². The molecule has 5 nitrogen and oxygen atoms in total. The lowest BCUT2D eigenvalue weighted by atomic mass is 10.0. The van der Waals surface area contributed by atoms with Crippen molar-refractivity contribution in [1.82, 2.24) is 8.75 Å². The zero-order valence-electron chi connectivity index (χ0n) is 20.4. The monoisotopic (exact) mass is 608 g/mol. The van der Waals surface area contributed by atoms with Crippen molar-refractivity contribution in [3.63, 3.8) is 0 Å². The third-order valence-corrected chi connectivity index (χ3v) is 9.75. The van der Waals surface area contributed by atoms with Crippen LogP contribution in [0.5, 0.6) is 5.75 Å². The van der Waals surface area contributed by atoms with Gasteiger partial charge < -0.3 is 4.74 Å². The van der Waals surface area contributed by atoms with Gasteiger partial charge in [0.2, 0.25) is 0 Å². The molecule has 0 bridgehead atoms. The summed E-state index contributed by atoms with van der Waals surface area (Å²) in [5, 5.41) is 0. The first-order valence-electron chi connectivity index (χ1n) is 11.9. The average molecular weight is 609 g/mol. The molecular formula is C28H15F3N4OS4. The molecule has 0 atom stereocenters. The largest absolute Gasteiger partial charge is 0.573 e. The van der Waals surface area contributed by atoms with Crippen LogP contribution in [0, 0.1) is 6.92 Å². The first-order valence-corrected chi connectivity index (χ1v) is 15.0. The predicted octanol–water partition coefficient (Wildman–Crippen LogP) is 10.4. The Kier molecular flexibility index (Phi) is 6.15. The van der Waals surface area contributed by atoms with Gasteiger partial charge in [-0.25, -0.2) is 0 Å². The minimum Gasteiger partial charge on any atom is -0.405 e. The van der Waals surface area contributed by atoms with Crippen LogP contribution in [0.2, 0.25) is 0 Å². The molecule has 3 aromatic carbocycles. The lowest BCUT2D eigenvalue weighted by Gasteiger charge is -2.12. The molecule has 0 amide bonds. The van der Waals surface area contributed by atoms with Crippen LogP contribution in [0.1, 0.15) is 5.56 Å². The number of ether oxygens (including phenoxy) is 1. The Morgan fingerprint density at radius 2 is 1.18 bits per heavy atom. The molecule has 0 fully saturated rings. The number of para-hydroxylation sites is 1. The van der Waals surface area contributed by atoms with E-state index in [2.05, 4.69) is 53.4 Å². The average Bonchev–Trinajstić information content (AvgIpc) is 3.74. The van der Waals surface area contributed by atoms with E-state index in [4.69, 9.17) is 0 Å². The van der Waals surface area contributed by atoms with E-state index in [1.165, 1.54) is 34.6 Å². The zero-order chi connectivity index (χ0) is 27.4. The molecule has 40 heavy (non-hydrogen) atoms. The van der Waals surface area contributed by atoms with Crippen molar-refractivity contribution >= 4 is 68.2 Å². The second-order valence-corrected chi connectivity index (χ2v) is 12.1. The lowest BCUT2D eigenvalue weighted by Crippen LogP contribution is -2.17. The van der Waals surface area contributed by atoms with Gasteiger partial charge in [0, 0.05) is 36.2 Å². The summed E-state index contributed by atoms with van der Waals surface area (Å²) >= 11 is 5.25. The Hall–Kier alpha value is -3.71. The standard InChI is InChI=1S/C28H15F3N4OS4/c1-14-6-2-3-7-15(14)18-10-12-20(37-18)22-24-26(34-39-32-24)23(27-25(22)33-40-35-27)21-13-11-19(38-21)16-8-4-5-9-17(16)36-28(29,30)31/h2-13H,1H3. The van der Waals surface area contributed by atoms with Gasteiger partial charge in [-0.1, -0.05) is 36.4 Å². The van der Waals surface area contributed by atoms with Gasteiger partial charge in [-0.2, -0.15) is 17.5 Å². The van der Waals surface area contributed by atoms with Crippen LogP contribution in [0.3, 0.4) is 0 Å². The Balaban J connectivity index is 1.36. The lowest BCUT2D eigenvalue weighted by molar-refractivity contribution is -0.274. The maximum Gasteiger partial charge on any atom is 0.573 e. The Morgan fingerprint density at radius 1 is 0.650 bits per heavy atom. The van der Waals surface area contributed by atoms with E-state index in [-0.39, 0.29) is 5.75 Å². The number of benzene rings is 3. The van der Waals surface area contributed by atoms with Crippen LogP contribution >= 0.6 is 34.4 Å². The molecule has 6 aromatic rings. The number of nitrogens with zero attached hydrogens (tertiary/aromatic N) is 4. The SMILES string of the molecule is Cc1ccccc1-c1ccc(-c2c3c(c(-c4ccc(-c5ccccc5OC(F)(F)F)s4)c4nsnc24)N=S=N3)s1. The van der Waals surface area contributed by atoms with Crippen molar-refractivity contribution in [2.45, 2.75) is 13.3 Å². The highest BCUT2D eigenvalue weighted by atomic mass is 32.1. The van der Waals surface area contributed by atoms with E-state index in [1.807, 2.05) is 18.2 Å². The maximum absolute atomic E-state index is 13.0. The molecule has 1 aliphatic rings. The summed E-state index contributed by atoms with van der Waals surface area (Å²) in [5.41, 5.74) is 7.25. The number of aromatic nitrogens is 2. The number of hydrogen-bond acceptors (Lipinski definition) is 8. The fraction of sp³-hybridized carbons (Fsp3) is 0.0714. The number of hydrogen-bond donors (Lipinski definition) is 0. The Morgan fingerprint density at radius 3 is 1.77 bits per heavy atom. The van der Waals surface area contributed by atoms with Crippen molar-refractivity contribution in [2.75, 3.05) is 0 Å². The van der Waals surface area contributed by atoms with E-state index in [1.54, 1.807) is 29.5 Å². The van der Waals surface area contributed by atoms with Crippen molar-refractivity contribution in [3.05, 3.63) is 78.4 Å². The first-order chi connectivity index (χ1) is 19.4. The van der Waals surface area contributed by atoms with Crippen molar-refractivity contribution in [3.8, 4) is 47.5 Å². The number of fused-ring (bicyclic) bond motifs is 2. The fourth-order valence-corrected chi connectivity index (χ4v) is 8.04. The highest BCUT2D eigenvalue weighted by molar-refractivity contribution is 7.58. The molecule has 1 aliphatic heterocycles.